The number of carbonyl (C=O) groups is 2. The lowest BCUT2D eigenvalue weighted by atomic mass is 10.1. The summed E-state index contributed by atoms with van der Waals surface area (Å²) >= 11 is 1.03. The van der Waals surface area contributed by atoms with E-state index in [1.165, 1.54) is 35.5 Å². The standard InChI is InChI=1S/C20H16FN5O3S/c1-29-16-5-3-2-4-15(16)26-18-14(10-22-26)19(28)25-20(24-18)30-11-17(27)23-13-8-6-12(21)7-9-13/h2-10,14H,11H2,1H3,(H,23,27). The summed E-state index contributed by atoms with van der Waals surface area (Å²) in [6.07, 6.45) is 1.49. The lowest BCUT2D eigenvalue weighted by Crippen LogP contribution is -2.34. The van der Waals surface area contributed by atoms with Crippen molar-refractivity contribution < 1.29 is 18.7 Å². The number of carbonyl (C=O) groups excluding carboxylic acids is 2. The molecule has 0 bridgehead atoms. The summed E-state index contributed by atoms with van der Waals surface area (Å²) in [6.45, 7) is 0. The number of halogens is 1. The van der Waals surface area contributed by atoms with Gasteiger partial charge in [0.1, 0.15) is 23.2 Å². The molecule has 2 aliphatic rings. The highest BCUT2D eigenvalue weighted by atomic mass is 32.2. The van der Waals surface area contributed by atoms with Gasteiger partial charge in [-0.3, -0.25) is 9.59 Å². The van der Waals surface area contributed by atoms with Crippen LogP contribution in [-0.2, 0) is 9.59 Å². The topological polar surface area (TPSA) is 95.7 Å². The summed E-state index contributed by atoms with van der Waals surface area (Å²) < 4.78 is 18.3. The molecule has 4 rings (SSSR count). The zero-order valence-corrected chi connectivity index (χ0v) is 16.6. The molecule has 0 radical (unpaired) electrons. The highest BCUT2D eigenvalue weighted by Crippen LogP contribution is 2.33. The van der Waals surface area contributed by atoms with Gasteiger partial charge >= 0.3 is 0 Å². The Morgan fingerprint density at radius 1 is 1.20 bits per heavy atom. The zero-order valence-electron chi connectivity index (χ0n) is 15.8. The molecule has 152 valence electrons. The molecular formula is C20H16FN5O3S. The minimum atomic E-state index is -0.674. The van der Waals surface area contributed by atoms with Crippen molar-refractivity contribution in [3.05, 3.63) is 54.3 Å². The van der Waals surface area contributed by atoms with Gasteiger partial charge in [0.05, 0.1) is 12.9 Å². The van der Waals surface area contributed by atoms with E-state index < -0.39 is 11.8 Å². The monoisotopic (exact) mass is 425 g/mol. The largest absolute Gasteiger partial charge is 0.494 e. The van der Waals surface area contributed by atoms with Crippen molar-refractivity contribution >= 4 is 52.2 Å². The Morgan fingerprint density at radius 2 is 1.97 bits per heavy atom. The molecule has 2 amide bonds. The first kappa shape index (κ1) is 19.8. The molecule has 2 aromatic carbocycles. The second kappa shape index (κ2) is 8.46. The number of nitrogens with one attached hydrogen (secondary N) is 1. The van der Waals surface area contributed by atoms with E-state index in [-0.39, 0.29) is 22.6 Å². The highest BCUT2D eigenvalue weighted by Gasteiger charge is 2.37. The van der Waals surface area contributed by atoms with Crippen molar-refractivity contribution in [1.29, 1.82) is 0 Å². The predicted octanol–water partition coefficient (Wildman–Crippen LogP) is 2.92. The van der Waals surface area contributed by atoms with Gasteiger partial charge in [0.25, 0.3) is 5.91 Å². The van der Waals surface area contributed by atoms with E-state index >= 15 is 0 Å². The van der Waals surface area contributed by atoms with Crippen molar-refractivity contribution in [2.75, 3.05) is 23.2 Å². The van der Waals surface area contributed by atoms with Crippen LogP contribution in [0, 0.1) is 11.7 Å². The molecule has 8 nitrogen and oxygen atoms in total. The SMILES string of the molecule is COc1ccccc1N1N=CC2C(=O)N=C(SCC(=O)Nc3ccc(F)cc3)N=C21. The summed E-state index contributed by atoms with van der Waals surface area (Å²) in [6, 6.07) is 12.7. The van der Waals surface area contributed by atoms with Gasteiger partial charge in [0.2, 0.25) is 5.91 Å². The summed E-state index contributed by atoms with van der Waals surface area (Å²) in [5.74, 6) is -0.813. The molecule has 1 unspecified atom stereocenters. The molecule has 0 saturated heterocycles. The van der Waals surface area contributed by atoms with Gasteiger partial charge in [-0.1, -0.05) is 23.9 Å². The number of amides is 2. The van der Waals surface area contributed by atoms with Gasteiger partial charge < -0.3 is 10.1 Å². The van der Waals surface area contributed by atoms with E-state index in [0.717, 1.165) is 11.8 Å². The van der Waals surface area contributed by atoms with Crippen LogP contribution >= 0.6 is 11.8 Å². The number of benzene rings is 2. The Balaban J connectivity index is 1.47. The number of thioether (sulfide) groups is 1. The quantitative estimate of drug-likeness (QED) is 0.795. The Morgan fingerprint density at radius 3 is 2.73 bits per heavy atom. The summed E-state index contributed by atoms with van der Waals surface area (Å²) in [5, 5.41) is 8.64. The summed E-state index contributed by atoms with van der Waals surface area (Å²) in [7, 11) is 1.55. The second-order valence-electron chi connectivity index (χ2n) is 6.27. The van der Waals surface area contributed by atoms with Crippen molar-refractivity contribution in [3.63, 3.8) is 0 Å². The molecule has 2 aliphatic heterocycles. The van der Waals surface area contributed by atoms with Crippen molar-refractivity contribution in [2.24, 2.45) is 21.0 Å². The first-order valence-corrected chi connectivity index (χ1v) is 9.90. The maximum Gasteiger partial charge on any atom is 0.264 e. The predicted molar refractivity (Wildman–Crippen MR) is 115 cm³/mol. The summed E-state index contributed by atoms with van der Waals surface area (Å²) in [5.41, 5.74) is 1.12. The smallest absolute Gasteiger partial charge is 0.264 e. The number of nitrogens with zero attached hydrogens (tertiary/aromatic N) is 4. The zero-order chi connectivity index (χ0) is 21.1. The Kier molecular flexibility index (Phi) is 5.57. The Hall–Kier alpha value is -3.53. The van der Waals surface area contributed by atoms with E-state index in [1.54, 1.807) is 19.2 Å². The van der Waals surface area contributed by atoms with Crippen LogP contribution in [0.2, 0.25) is 0 Å². The molecule has 0 aromatic heterocycles. The minimum Gasteiger partial charge on any atom is -0.494 e. The number of hydrazone groups is 1. The van der Waals surface area contributed by atoms with Crippen LogP contribution in [0.4, 0.5) is 15.8 Å². The number of methoxy groups -OCH3 is 1. The Labute approximate surface area is 175 Å². The van der Waals surface area contributed by atoms with Crippen LogP contribution in [0.3, 0.4) is 0 Å². The number of amidine groups is 2. The molecule has 2 aromatic rings. The fourth-order valence-corrected chi connectivity index (χ4v) is 3.53. The van der Waals surface area contributed by atoms with Crippen LogP contribution in [0.5, 0.6) is 5.75 Å². The number of anilines is 2. The molecule has 2 heterocycles. The van der Waals surface area contributed by atoms with Gasteiger partial charge in [0.15, 0.2) is 11.0 Å². The molecule has 10 heteroatoms. The summed E-state index contributed by atoms with van der Waals surface area (Å²) in [4.78, 5) is 33.0. The van der Waals surface area contributed by atoms with Crippen LogP contribution < -0.4 is 15.1 Å². The molecule has 0 saturated carbocycles. The molecular weight excluding hydrogens is 409 g/mol. The van der Waals surface area contributed by atoms with Gasteiger partial charge in [-0.2, -0.15) is 10.1 Å². The van der Waals surface area contributed by atoms with Crippen molar-refractivity contribution in [3.8, 4) is 5.75 Å². The van der Waals surface area contributed by atoms with Gasteiger partial charge in [-0.25, -0.2) is 14.4 Å². The molecule has 1 N–H and O–H groups in total. The molecule has 0 aliphatic carbocycles. The van der Waals surface area contributed by atoms with Crippen LogP contribution in [0.15, 0.2) is 63.6 Å². The normalized spacial score (nSPS) is 17.3. The first-order valence-electron chi connectivity index (χ1n) is 8.92. The molecule has 0 fully saturated rings. The highest BCUT2D eigenvalue weighted by molar-refractivity contribution is 8.14. The minimum absolute atomic E-state index is 0.0134. The molecule has 0 spiro atoms. The number of hydrogen-bond acceptors (Lipinski definition) is 7. The Bertz CT molecular complexity index is 1080. The molecule has 1 atom stereocenters. The lowest BCUT2D eigenvalue weighted by molar-refractivity contribution is -0.118. The lowest BCUT2D eigenvalue weighted by Gasteiger charge is -2.21. The van der Waals surface area contributed by atoms with Crippen LogP contribution in [-0.4, -0.2) is 41.9 Å². The fraction of sp³-hybridized carbons (Fsp3) is 0.150. The third-order valence-electron chi connectivity index (χ3n) is 4.28. The van der Waals surface area contributed by atoms with E-state index in [0.29, 0.717) is 23.0 Å². The van der Waals surface area contributed by atoms with E-state index in [1.807, 2.05) is 12.1 Å². The van der Waals surface area contributed by atoms with Gasteiger partial charge in [-0.05, 0) is 36.4 Å². The van der Waals surface area contributed by atoms with Crippen molar-refractivity contribution in [1.82, 2.24) is 0 Å². The third kappa shape index (κ3) is 4.08. The molecule has 30 heavy (non-hydrogen) atoms. The fourth-order valence-electron chi connectivity index (χ4n) is 2.88. The number of fused-ring (bicyclic) bond motifs is 1. The number of rotatable bonds is 5. The maximum atomic E-state index is 13.0. The van der Waals surface area contributed by atoms with Crippen LogP contribution in [0.25, 0.3) is 0 Å². The van der Waals surface area contributed by atoms with Gasteiger partial charge in [-0.15, -0.1) is 0 Å². The number of ether oxygens (including phenoxy) is 1. The van der Waals surface area contributed by atoms with Gasteiger partial charge in [0, 0.05) is 11.9 Å². The van der Waals surface area contributed by atoms with E-state index in [9.17, 15) is 14.0 Å². The van der Waals surface area contributed by atoms with Crippen LogP contribution in [0.1, 0.15) is 0 Å². The second-order valence-corrected chi connectivity index (χ2v) is 7.21. The average Bonchev–Trinajstić information content (AvgIpc) is 3.18. The van der Waals surface area contributed by atoms with Crippen molar-refractivity contribution in [2.45, 2.75) is 0 Å². The van der Waals surface area contributed by atoms with E-state index in [4.69, 9.17) is 4.74 Å². The number of hydrogen-bond donors (Lipinski definition) is 1. The third-order valence-corrected chi connectivity index (χ3v) is 5.13. The number of aliphatic imine (C=N–C) groups is 2. The number of para-hydroxylation sites is 2. The maximum absolute atomic E-state index is 13.0. The van der Waals surface area contributed by atoms with E-state index in [2.05, 4.69) is 20.4 Å². The average molecular weight is 425 g/mol. The first-order chi connectivity index (χ1) is 14.5.